The molecule has 3 heteroatoms. The normalized spacial score (nSPS) is 26.5. The predicted molar refractivity (Wildman–Crippen MR) is 58.9 cm³/mol. The summed E-state index contributed by atoms with van der Waals surface area (Å²) in [7, 11) is 0. The molecule has 0 amide bonds. The summed E-state index contributed by atoms with van der Waals surface area (Å²) in [5.74, 6) is 0.439. The summed E-state index contributed by atoms with van der Waals surface area (Å²) in [6.45, 7) is 1.62. The number of hydrogen-bond acceptors (Lipinski definition) is 2. The van der Waals surface area contributed by atoms with Crippen molar-refractivity contribution in [3.05, 3.63) is 35.6 Å². The van der Waals surface area contributed by atoms with Crippen LogP contribution in [0, 0.1) is 11.7 Å². The first-order chi connectivity index (χ1) is 7.31. The molecule has 0 aliphatic carbocycles. The molecule has 2 rings (SSSR count). The molecule has 0 saturated carbocycles. The maximum atomic E-state index is 13.5. The van der Waals surface area contributed by atoms with Gasteiger partial charge in [0.25, 0.3) is 0 Å². The van der Waals surface area contributed by atoms with E-state index in [0.29, 0.717) is 5.92 Å². The minimum absolute atomic E-state index is 0.110. The average Bonchev–Trinajstić information content (AvgIpc) is 2.30. The smallest absolute Gasteiger partial charge is 0.127 e. The Morgan fingerprint density at radius 1 is 1.33 bits per heavy atom. The molecule has 0 spiro atoms. The van der Waals surface area contributed by atoms with E-state index in [9.17, 15) is 4.39 Å². The summed E-state index contributed by atoms with van der Waals surface area (Å²) in [4.78, 5) is 0. The largest absolute Gasteiger partial charge is 0.330 e. The zero-order chi connectivity index (χ0) is 10.7. The second-order valence-electron chi connectivity index (χ2n) is 4.16. The van der Waals surface area contributed by atoms with Crippen LogP contribution in [0.25, 0.3) is 0 Å². The van der Waals surface area contributed by atoms with Crippen LogP contribution < -0.4 is 11.1 Å². The van der Waals surface area contributed by atoms with Gasteiger partial charge >= 0.3 is 0 Å². The highest BCUT2D eigenvalue weighted by Crippen LogP contribution is 2.26. The molecule has 1 saturated heterocycles. The second kappa shape index (κ2) is 4.73. The Kier molecular flexibility index (Phi) is 3.34. The first kappa shape index (κ1) is 10.6. The van der Waals surface area contributed by atoms with Crippen molar-refractivity contribution in [2.24, 2.45) is 11.7 Å². The van der Waals surface area contributed by atoms with Gasteiger partial charge in [0.1, 0.15) is 5.82 Å². The third-order valence-corrected chi connectivity index (χ3v) is 3.13. The van der Waals surface area contributed by atoms with Crippen molar-refractivity contribution in [3.8, 4) is 0 Å². The fourth-order valence-electron chi connectivity index (χ4n) is 2.14. The zero-order valence-corrected chi connectivity index (χ0v) is 8.75. The van der Waals surface area contributed by atoms with Gasteiger partial charge in [-0.2, -0.15) is 0 Å². The lowest BCUT2D eigenvalue weighted by Gasteiger charge is -2.29. The molecule has 1 aromatic carbocycles. The molecule has 3 N–H and O–H groups in total. The molecule has 1 aromatic rings. The van der Waals surface area contributed by atoms with Crippen LogP contribution in [0.5, 0.6) is 0 Å². The molecule has 2 unspecified atom stereocenters. The van der Waals surface area contributed by atoms with E-state index in [0.717, 1.165) is 31.5 Å². The van der Waals surface area contributed by atoms with Crippen LogP contribution >= 0.6 is 0 Å². The van der Waals surface area contributed by atoms with Crippen LogP contribution in [0.3, 0.4) is 0 Å². The highest BCUT2D eigenvalue weighted by atomic mass is 19.1. The van der Waals surface area contributed by atoms with Gasteiger partial charge in [-0.15, -0.1) is 0 Å². The maximum Gasteiger partial charge on any atom is 0.127 e. The minimum atomic E-state index is -0.110. The molecule has 1 aliphatic heterocycles. The zero-order valence-electron chi connectivity index (χ0n) is 8.75. The lowest BCUT2D eigenvalue weighted by Crippen LogP contribution is -2.36. The first-order valence-electron chi connectivity index (χ1n) is 5.49. The van der Waals surface area contributed by atoms with E-state index in [-0.39, 0.29) is 11.9 Å². The van der Waals surface area contributed by atoms with Gasteiger partial charge in [-0.3, -0.25) is 0 Å². The van der Waals surface area contributed by atoms with E-state index < -0.39 is 0 Å². The molecule has 2 atom stereocenters. The lowest BCUT2D eigenvalue weighted by molar-refractivity contribution is 0.315. The number of hydrogen-bond donors (Lipinski definition) is 2. The van der Waals surface area contributed by atoms with Crippen LogP contribution in [0.1, 0.15) is 24.4 Å². The van der Waals surface area contributed by atoms with Crippen LogP contribution in [-0.4, -0.2) is 13.1 Å². The van der Waals surface area contributed by atoms with Crippen LogP contribution in [0.2, 0.25) is 0 Å². The summed E-state index contributed by atoms with van der Waals surface area (Å²) >= 11 is 0. The molecule has 0 bridgehead atoms. The van der Waals surface area contributed by atoms with E-state index in [1.165, 1.54) is 6.07 Å². The summed E-state index contributed by atoms with van der Waals surface area (Å²) in [6, 6.07) is 7.15. The Morgan fingerprint density at radius 2 is 2.13 bits per heavy atom. The Hall–Kier alpha value is -0.930. The molecule has 1 fully saturated rings. The predicted octanol–water partition coefficient (Wildman–Crippen LogP) is 1.83. The van der Waals surface area contributed by atoms with Crippen LogP contribution in [0.15, 0.2) is 24.3 Å². The average molecular weight is 208 g/mol. The standard InChI is InChI=1S/C12H17FN2/c13-11-4-2-1-3-10(11)12-6-5-9(7-14)8-15-12/h1-4,9,12,15H,5-8,14H2. The van der Waals surface area contributed by atoms with Crippen molar-refractivity contribution < 1.29 is 4.39 Å². The van der Waals surface area contributed by atoms with Gasteiger partial charge in [-0.25, -0.2) is 4.39 Å². The van der Waals surface area contributed by atoms with Crippen molar-refractivity contribution in [3.63, 3.8) is 0 Å². The Bertz CT molecular complexity index is 319. The van der Waals surface area contributed by atoms with Gasteiger partial charge in [0.05, 0.1) is 0 Å². The quantitative estimate of drug-likeness (QED) is 0.778. The third kappa shape index (κ3) is 2.36. The van der Waals surface area contributed by atoms with Crippen molar-refractivity contribution in [1.82, 2.24) is 5.32 Å². The summed E-state index contributed by atoms with van der Waals surface area (Å²) in [5.41, 5.74) is 6.39. The molecule has 1 heterocycles. The second-order valence-corrected chi connectivity index (χ2v) is 4.16. The van der Waals surface area contributed by atoms with E-state index in [2.05, 4.69) is 5.32 Å². The van der Waals surface area contributed by atoms with Crippen LogP contribution in [0.4, 0.5) is 4.39 Å². The van der Waals surface area contributed by atoms with Gasteiger partial charge in [-0.05, 0) is 37.9 Å². The Morgan fingerprint density at radius 3 is 2.73 bits per heavy atom. The van der Waals surface area contributed by atoms with Gasteiger partial charge < -0.3 is 11.1 Å². The number of nitrogens with two attached hydrogens (primary N) is 1. The van der Waals surface area contributed by atoms with Gasteiger partial charge in [0, 0.05) is 11.6 Å². The molecule has 1 aliphatic rings. The van der Waals surface area contributed by atoms with E-state index >= 15 is 0 Å². The number of nitrogens with one attached hydrogen (secondary N) is 1. The van der Waals surface area contributed by atoms with Crippen molar-refractivity contribution in [2.45, 2.75) is 18.9 Å². The third-order valence-electron chi connectivity index (χ3n) is 3.13. The molecular formula is C12H17FN2. The first-order valence-corrected chi connectivity index (χ1v) is 5.49. The molecule has 82 valence electrons. The fourth-order valence-corrected chi connectivity index (χ4v) is 2.14. The molecule has 0 radical (unpaired) electrons. The summed E-state index contributed by atoms with van der Waals surface area (Å²) in [6.07, 6.45) is 2.06. The van der Waals surface area contributed by atoms with Gasteiger partial charge in [-0.1, -0.05) is 18.2 Å². The van der Waals surface area contributed by atoms with Crippen molar-refractivity contribution in [2.75, 3.05) is 13.1 Å². The SMILES string of the molecule is NCC1CCC(c2ccccc2F)NC1. The van der Waals surface area contributed by atoms with Gasteiger partial charge in [0.2, 0.25) is 0 Å². The number of halogens is 1. The lowest BCUT2D eigenvalue weighted by atomic mass is 9.91. The maximum absolute atomic E-state index is 13.5. The number of benzene rings is 1. The van der Waals surface area contributed by atoms with E-state index in [1.807, 2.05) is 12.1 Å². The number of rotatable bonds is 2. The molecule has 0 aromatic heterocycles. The van der Waals surface area contributed by atoms with Crippen molar-refractivity contribution >= 4 is 0 Å². The highest BCUT2D eigenvalue weighted by molar-refractivity contribution is 5.21. The summed E-state index contributed by atoms with van der Waals surface area (Å²) in [5, 5.41) is 3.36. The molecule has 15 heavy (non-hydrogen) atoms. The Balaban J connectivity index is 2.04. The van der Waals surface area contributed by atoms with Crippen molar-refractivity contribution in [1.29, 1.82) is 0 Å². The molecular weight excluding hydrogens is 191 g/mol. The highest BCUT2D eigenvalue weighted by Gasteiger charge is 2.22. The van der Waals surface area contributed by atoms with E-state index in [4.69, 9.17) is 5.73 Å². The fraction of sp³-hybridized carbons (Fsp3) is 0.500. The number of piperidine rings is 1. The minimum Gasteiger partial charge on any atom is -0.330 e. The van der Waals surface area contributed by atoms with E-state index in [1.54, 1.807) is 6.07 Å². The Labute approximate surface area is 89.7 Å². The van der Waals surface area contributed by atoms with Crippen LogP contribution in [-0.2, 0) is 0 Å². The van der Waals surface area contributed by atoms with Gasteiger partial charge in [0.15, 0.2) is 0 Å². The monoisotopic (exact) mass is 208 g/mol. The summed E-state index contributed by atoms with van der Waals surface area (Å²) < 4.78 is 13.5. The topological polar surface area (TPSA) is 38.0 Å². The molecule has 2 nitrogen and oxygen atoms in total.